The molecular formula is C16H15N3OS. The molecule has 0 spiro atoms. The molecule has 5 heteroatoms. The van der Waals surface area contributed by atoms with Gasteiger partial charge in [0.25, 0.3) is 0 Å². The smallest absolute Gasteiger partial charge is 0.240 e. The van der Waals surface area contributed by atoms with E-state index >= 15 is 0 Å². The molecule has 1 aromatic carbocycles. The van der Waals surface area contributed by atoms with Gasteiger partial charge in [0.15, 0.2) is 0 Å². The Kier molecular flexibility index (Phi) is 4.01. The van der Waals surface area contributed by atoms with Crippen molar-refractivity contribution in [2.24, 2.45) is 0 Å². The summed E-state index contributed by atoms with van der Waals surface area (Å²) >= 11 is 1.67. The molecular weight excluding hydrogens is 282 g/mol. The maximum absolute atomic E-state index is 5.41. The Morgan fingerprint density at radius 1 is 1.10 bits per heavy atom. The molecule has 0 aliphatic carbocycles. The third-order valence-electron chi connectivity index (χ3n) is 3.14. The number of nitrogens with zero attached hydrogens (tertiary/aromatic N) is 3. The first kappa shape index (κ1) is 13.8. The van der Waals surface area contributed by atoms with Crippen molar-refractivity contribution in [2.75, 3.05) is 0 Å². The SMILES string of the molecule is Cc1ccccc1-c1noc([C@H](C)Sc2ccncc2)n1. The summed E-state index contributed by atoms with van der Waals surface area (Å²) < 4.78 is 5.41. The van der Waals surface area contributed by atoms with Crippen LogP contribution in [0.25, 0.3) is 11.4 Å². The van der Waals surface area contributed by atoms with Crippen molar-refractivity contribution in [3.63, 3.8) is 0 Å². The normalized spacial score (nSPS) is 12.3. The lowest BCUT2D eigenvalue weighted by atomic mass is 10.1. The summed E-state index contributed by atoms with van der Waals surface area (Å²) in [5, 5.41) is 4.19. The van der Waals surface area contributed by atoms with Crippen LogP contribution < -0.4 is 0 Å². The number of aromatic nitrogens is 3. The van der Waals surface area contributed by atoms with Crippen molar-refractivity contribution in [3.8, 4) is 11.4 Å². The molecule has 4 nitrogen and oxygen atoms in total. The van der Waals surface area contributed by atoms with Crippen molar-refractivity contribution in [1.29, 1.82) is 0 Å². The molecule has 0 aliphatic heterocycles. The Labute approximate surface area is 127 Å². The van der Waals surface area contributed by atoms with E-state index in [-0.39, 0.29) is 5.25 Å². The zero-order chi connectivity index (χ0) is 14.7. The summed E-state index contributed by atoms with van der Waals surface area (Å²) in [6.45, 7) is 4.10. The van der Waals surface area contributed by atoms with Crippen LogP contribution in [0, 0.1) is 6.92 Å². The van der Waals surface area contributed by atoms with Crippen LogP contribution in [0.5, 0.6) is 0 Å². The van der Waals surface area contributed by atoms with Gasteiger partial charge in [-0.2, -0.15) is 4.98 Å². The van der Waals surface area contributed by atoms with E-state index in [0.29, 0.717) is 11.7 Å². The van der Waals surface area contributed by atoms with E-state index in [1.807, 2.05) is 43.3 Å². The molecule has 0 saturated carbocycles. The highest BCUT2D eigenvalue weighted by atomic mass is 32.2. The van der Waals surface area contributed by atoms with Gasteiger partial charge in [0.1, 0.15) is 0 Å². The summed E-state index contributed by atoms with van der Waals surface area (Å²) in [6, 6.07) is 12.0. The molecule has 3 rings (SSSR count). The van der Waals surface area contributed by atoms with Crippen LogP contribution in [0.3, 0.4) is 0 Å². The summed E-state index contributed by atoms with van der Waals surface area (Å²) in [7, 11) is 0. The predicted octanol–water partition coefficient (Wildman–Crippen LogP) is 4.29. The maximum Gasteiger partial charge on any atom is 0.240 e. The molecule has 21 heavy (non-hydrogen) atoms. The van der Waals surface area contributed by atoms with Gasteiger partial charge in [-0.3, -0.25) is 4.98 Å². The van der Waals surface area contributed by atoms with Gasteiger partial charge in [-0.25, -0.2) is 0 Å². The molecule has 0 saturated heterocycles. The highest BCUT2D eigenvalue weighted by molar-refractivity contribution is 7.99. The molecule has 1 atom stereocenters. The van der Waals surface area contributed by atoms with Gasteiger partial charge in [-0.15, -0.1) is 11.8 Å². The molecule has 0 fully saturated rings. The van der Waals surface area contributed by atoms with Gasteiger partial charge < -0.3 is 4.52 Å². The number of hydrogen-bond donors (Lipinski definition) is 0. The first-order valence-electron chi connectivity index (χ1n) is 6.70. The highest BCUT2D eigenvalue weighted by Crippen LogP contribution is 2.34. The molecule has 2 aromatic heterocycles. The molecule has 0 bridgehead atoms. The van der Waals surface area contributed by atoms with Crippen molar-refractivity contribution in [1.82, 2.24) is 15.1 Å². The van der Waals surface area contributed by atoms with Crippen molar-refractivity contribution < 1.29 is 4.52 Å². The van der Waals surface area contributed by atoms with Crippen LogP contribution in [0.2, 0.25) is 0 Å². The van der Waals surface area contributed by atoms with Crippen LogP contribution in [-0.4, -0.2) is 15.1 Å². The van der Waals surface area contributed by atoms with E-state index in [9.17, 15) is 0 Å². The fraction of sp³-hybridized carbons (Fsp3) is 0.188. The zero-order valence-corrected chi connectivity index (χ0v) is 12.7. The van der Waals surface area contributed by atoms with Gasteiger partial charge in [0.2, 0.25) is 11.7 Å². The average Bonchev–Trinajstić information content (AvgIpc) is 2.98. The fourth-order valence-corrected chi connectivity index (χ4v) is 2.89. The number of pyridine rings is 1. The second-order valence-corrected chi connectivity index (χ2v) is 6.13. The fourth-order valence-electron chi connectivity index (χ4n) is 2.00. The van der Waals surface area contributed by atoms with E-state index in [1.165, 1.54) is 0 Å². The van der Waals surface area contributed by atoms with Crippen molar-refractivity contribution >= 4 is 11.8 Å². The van der Waals surface area contributed by atoms with E-state index in [4.69, 9.17) is 4.52 Å². The molecule has 0 N–H and O–H groups in total. The lowest BCUT2D eigenvalue weighted by molar-refractivity contribution is 0.381. The van der Waals surface area contributed by atoms with E-state index in [0.717, 1.165) is 16.0 Å². The first-order chi connectivity index (χ1) is 10.2. The maximum atomic E-state index is 5.41. The minimum absolute atomic E-state index is 0.0951. The molecule has 0 radical (unpaired) electrons. The lowest BCUT2D eigenvalue weighted by Crippen LogP contribution is -1.90. The minimum Gasteiger partial charge on any atom is -0.338 e. The number of benzene rings is 1. The van der Waals surface area contributed by atoms with Crippen LogP contribution in [-0.2, 0) is 0 Å². The first-order valence-corrected chi connectivity index (χ1v) is 7.58. The Bertz CT molecular complexity index is 727. The Morgan fingerprint density at radius 3 is 2.62 bits per heavy atom. The molecule has 0 aliphatic rings. The highest BCUT2D eigenvalue weighted by Gasteiger charge is 2.17. The van der Waals surface area contributed by atoms with Crippen molar-refractivity contribution in [3.05, 3.63) is 60.2 Å². The second-order valence-electron chi connectivity index (χ2n) is 4.71. The summed E-state index contributed by atoms with van der Waals surface area (Å²) in [6.07, 6.45) is 3.56. The molecule has 3 aromatic rings. The quantitative estimate of drug-likeness (QED) is 0.672. The van der Waals surface area contributed by atoms with Gasteiger partial charge in [0, 0.05) is 22.9 Å². The monoisotopic (exact) mass is 297 g/mol. The predicted molar refractivity (Wildman–Crippen MR) is 83.0 cm³/mol. The lowest BCUT2D eigenvalue weighted by Gasteiger charge is -2.05. The third-order valence-corrected chi connectivity index (χ3v) is 4.24. The summed E-state index contributed by atoms with van der Waals surface area (Å²) in [5.41, 5.74) is 2.15. The largest absolute Gasteiger partial charge is 0.338 e. The zero-order valence-electron chi connectivity index (χ0n) is 11.9. The average molecular weight is 297 g/mol. The number of hydrogen-bond acceptors (Lipinski definition) is 5. The minimum atomic E-state index is 0.0951. The third kappa shape index (κ3) is 3.13. The van der Waals surface area contributed by atoms with Crippen LogP contribution >= 0.6 is 11.8 Å². The van der Waals surface area contributed by atoms with E-state index in [2.05, 4.69) is 22.0 Å². The molecule has 0 unspecified atom stereocenters. The number of thioether (sulfide) groups is 1. The Balaban J connectivity index is 1.80. The van der Waals surface area contributed by atoms with Crippen LogP contribution in [0.1, 0.15) is 23.6 Å². The molecule has 0 amide bonds. The topological polar surface area (TPSA) is 51.8 Å². The standard InChI is InChI=1S/C16H15N3OS/c1-11-5-3-4-6-14(11)15-18-16(20-19-15)12(2)21-13-7-9-17-10-8-13/h3-10,12H,1-2H3/t12-/m0/s1. The van der Waals surface area contributed by atoms with Gasteiger partial charge in [-0.05, 0) is 31.5 Å². The summed E-state index contributed by atoms with van der Waals surface area (Å²) in [4.78, 5) is 9.67. The summed E-state index contributed by atoms with van der Waals surface area (Å²) in [5.74, 6) is 1.28. The second kappa shape index (κ2) is 6.10. The number of rotatable bonds is 4. The van der Waals surface area contributed by atoms with Gasteiger partial charge in [0.05, 0.1) is 5.25 Å². The van der Waals surface area contributed by atoms with Gasteiger partial charge >= 0.3 is 0 Å². The van der Waals surface area contributed by atoms with E-state index < -0.39 is 0 Å². The Hall–Kier alpha value is -2.14. The van der Waals surface area contributed by atoms with Gasteiger partial charge in [-0.1, -0.05) is 29.4 Å². The molecule has 2 heterocycles. The van der Waals surface area contributed by atoms with Crippen molar-refractivity contribution in [2.45, 2.75) is 24.0 Å². The Morgan fingerprint density at radius 2 is 1.86 bits per heavy atom. The number of aryl methyl sites for hydroxylation is 1. The van der Waals surface area contributed by atoms with Crippen LogP contribution in [0.15, 0.2) is 58.2 Å². The molecule has 106 valence electrons. The van der Waals surface area contributed by atoms with E-state index in [1.54, 1.807) is 24.2 Å². The van der Waals surface area contributed by atoms with Crippen LogP contribution in [0.4, 0.5) is 0 Å².